The van der Waals surface area contributed by atoms with Crippen molar-refractivity contribution in [3.8, 4) is 5.88 Å². The molecule has 2 aliphatic rings. The molecule has 5 rings (SSSR count). The lowest BCUT2D eigenvalue weighted by Gasteiger charge is -2.26. The summed E-state index contributed by atoms with van der Waals surface area (Å²) in [6.07, 6.45) is 4.44. The smallest absolute Gasteiger partial charge is 0.252 e. The van der Waals surface area contributed by atoms with Gasteiger partial charge in [-0.2, -0.15) is 5.10 Å². The molecule has 0 radical (unpaired) electrons. The minimum Gasteiger partial charge on any atom is -0.476 e. The Bertz CT molecular complexity index is 1040. The molecule has 1 saturated heterocycles. The number of rotatable bonds is 0. The lowest BCUT2D eigenvalue weighted by Crippen LogP contribution is -2.28. The van der Waals surface area contributed by atoms with Gasteiger partial charge in [0.05, 0.1) is 29.7 Å². The second-order valence-corrected chi connectivity index (χ2v) is 6.67. The molecule has 1 fully saturated rings. The van der Waals surface area contributed by atoms with Gasteiger partial charge in [-0.25, -0.2) is 14.4 Å². The Morgan fingerprint density at radius 2 is 2.19 bits per heavy atom. The predicted octanol–water partition coefficient (Wildman–Crippen LogP) is 1.96. The number of hydrogen-bond acceptors (Lipinski definition) is 6. The summed E-state index contributed by atoms with van der Waals surface area (Å²) < 4.78 is 19.7. The number of aromatic amines is 1. The van der Waals surface area contributed by atoms with Gasteiger partial charge >= 0.3 is 0 Å². The van der Waals surface area contributed by atoms with E-state index in [9.17, 15) is 9.18 Å². The van der Waals surface area contributed by atoms with Crippen LogP contribution in [0.2, 0.25) is 0 Å². The van der Waals surface area contributed by atoms with Gasteiger partial charge in [-0.15, -0.1) is 0 Å². The van der Waals surface area contributed by atoms with E-state index >= 15 is 0 Å². The van der Waals surface area contributed by atoms with Gasteiger partial charge < -0.3 is 15.0 Å². The SMILES string of the molecule is O=C1NCCOc2ncc(F)cc2[C@H]2CCCN2c2n[nH]c3ncc1cc23. The zero-order chi connectivity index (χ0) is 18.4. The number of ether oxygens (including phenoxy) is 1. The number of carbonyl (C=O) groups is 1. The fourth-order valence-electron chi connectivity index (χ4n) is 3.79. The van der Waals surface area contributed by atoms with Crippen molar-refractivity contribution in [3.63, 3.8) is 0 Å². The number of anilines is 1. The molecule has 0 saturated carbocycles. The summed E-state index contributed by atoms with van der Waals surface area (Å²) in [5, 5.41) is 10.9. The maximum absolute atomic E-state index is 13.9. The third kappa shape index (κ3) is 2.66. The first-order valence-electron chi connectivity index (χ1n) is 8.88. The topological polar surface area (TPSA) is 96.0 Å². The van der Waals surface area contributed by atoms with Crippen LogP contribution in [0.25, 0.3) is 11.0 Å². The normalized spacial score (nSPS) is 19.5. The first-order chi connectivity index (χ1) is 13.2. The van der Waals surface area contributed by atoms with Crippen LogP contribution in [-0.2, 0) is 0 Å². The van der Waals surface area contributed by atoms with Gasteiger partial charge in [-0.05, 0) is 25.0 Å². The molecule has 1 amide bonds. The Labute approximate surface area is 153 Å². The number of halogens is 1. The molecule has 2 N–H and O–H groups in total. The maximum Gasteiger partial charge on any atom is 0.252 e. The third-order valence-electron chi connectivity index (χ3n) is 5.01. The van der Waals surface area contributed by atoms with E-state index in [2.05, 4.69) is 30.4 Å². The number of amides is 1. The van der Waals surface area contributed by atoms with Crippen molar-refractivity contribution in [2.45, 2.75) is 18.9 Å². The summed E-state index contributed by atoms with van der Waals surface area (Å²) in [5.41, 5.74) is 1.76. The van der Waals surface area contributed by atoms with Crippen LogP contribution in [0.1, 0.15) is 34.8 Å². The van der Waals surface area contributed by atoms with Crippen LogP contribution in [0.3, 0.4) is 0 Å². The number of H-pyrrole nitrogens is 1. The first-order valence-corrected chi connectivity index (χ1v) is 8.88. The van der Waals surface area contributed by atoms with Crippen molar-refractivity contribution in [3.05, 3.63) is 41.5 Å². The van der Waals surface area contributed by atoms with Crippen LogP contribution < -0.4 is 15.0 Å². The van der Waals surface area contributed by atoms with Crippen molar-refractivity contribution < 1.29 is 13.9 Å². The molecule has 27 heavy (non-hydrogen) atoms. The van der Waals surface area contributed by atoms with Crippen molar-refractivity contribution in [1.29, 1.82) is 0 Å². The lowest BCUT2D eigenvalue weighted by atomic mass is 10.1. The van der Waals surface area contributed by atoms with Gasteiger partial charge in [-0.3, -0.25) is 9.89 Å². The number of hydrogen-bond donors (Lipinski definition) is 2. The van der Waals surface area contributed by atoms with Crippen molar-refractivity contribution in [2.75, 3.05) is 24.6 Å². The van der Waals surface area contributed by atoms with E-state index in [4.69, 9.17) is 4.74 Å². The Balaban J connectivity index is 1.69. The standard InChI is InChI=1S/C18H17FN6O2/c19-11-7-12-14-2-1-4-25(14)16-13-6-10(8-21-15(13)23-24-16)17(26)20-3-5-27-18(12)22-9-11/h6-9,14H,1-5H2,(H,20,26)(H,21,23,24)/t14-/m1/s1. The number of carbonyl (C=O) groups excluding carboxylic acids is 1. The molecule has 138 valence electrons. The molecule has 1 atom stereocenters. The largest absolute Gasteiger partial charge is 0.476 e. The van der Waals surface area contributed by atoms with Gasteiger partial charge in [0.1, 0.15) is 12.4 Å². The van der Waals surface area contributed by atoms with Crippen LogP contribution in [-0.4, -0.2) is 45.8 Å². The molecular weight excluding hydrogens is 351 g/mol. The number of nitrogens with zero attached hydrogens (tertiary/aromatic N) is 4. The Morgan fingerprint density at radius 1 is 1.26 bits per heavy atom. The predicted molar refractivity (Wildman–Crippen MR) is 95.2 cm³/mol. The summed E-state index contributed by atoms with van der Waals surface area (Å²) in [4.78, 5) is 22.9. The molecule has 0 aliphatic carbocycles. The average Bonchev–Trinajstić information content (AvgIpc) is 3.31. The second kappa shape index (κ2) is 6.19. The molecule has 5 heterocycles. The summed E-state index contributed by atoms with van der Waals surface area (Å²) in [6, 6.07) is 3.15. The van der Waals surface area contributed by atoms with Gasteiger partial charge in [-0.1, -0.05) is 0 Å². The molecule has 3 aromatic rings. The fourth-order valence-corrected chi connectivity index (χ4v) is 3.79. The molecule has 8 nitrogen and oxygen atoms in total. The maximum atomic E-state index is 13.9. The summed E-state index contributed by atoms with van der Waals surface area (Å²) in [6.45, 7) is 1.31. The van der Waals surface area contributed by atoms with Gasteiger partial charge in [0, 0.05) is 18.3 Å². The van der Waals surface area contributed by atoms with Crippen LogP contribution in [0.5, 0.6) is 5.88 Å². The highest BCUT2D eigenvalue weighted by molar-refractivity contribution is 5.99. The quantitative estimate of drug-likeness (QED) is 0.630. The fraction of sp³-hybridized carbons (Fsp3) is 0.333. The van der Waals surface area contributed by atoms with Crippen LogP contribution in [0.15, 0.2) is 24.5 Å². The average molecular weight is 368 g/mol. The molecule has 9 heteroatoms. The van der Waals surface area contributed by atoms with Gasteiger partial charge in [0.25, 0.3) is 5.91 Å². The van der Waals surface area contributed by atoms with E-state index in [-0.39, 0.29) is 18.6 Å². The monoisotopic (exact) mass is 368 g/mol. The Hall–Kier alpha value is -3.23. The molecular formula is C18H17FN6O2. The Morgan fingerprint density at radius 3 is 3.11 bits per heavy atom. The van der Waals surface area contributed by atoms with E-state index in [0.29, 0.717) is 35.0 Å². The van der Waals surface area contributed by atoms with Crippen molar-refractivity contribution in [2.24, 2.45) is 0 Å². The Kier molecular flexibility index (Phi) is 3.66. The summed E-state index contributed by atoms with van der Waals surface area (Å²) >= 11 is 0. The van der Waals surface area contributed by atoms with Crippen molar-refractivity contribution in [1.82, 2.24) is 25.5 Å². The minimum absolute atomic E-state index is 0.109. The van der Waals surface area contributed by atoms with Crippen molar-refractivity contribution >= 4 is 22.8 Å². The van der Waals surface area contributed by atoms with E-state index in [0.717, 1.165) is 31.0 Å². The zero-order valence-electron chi connectivity index (χ0n) is 14.4. The van der Waals surface area contributed by atoms with Crippen LogP contribution in [0, 0.1) is 5.82 Å². The van der Waals surface area contributed by atoms with E-state index in [1.54, 1.807) is 6.07 Å². The van der Waals surface area contributed by atoms with Gasteiger partial charge in [0.2, 0.25) is 5.88 Å². The van der Waals surface area contributed by atoms with E-state index < -0.39 is 5.82 Å². The van der Waals surface area contributed by atoms with Crippen LogP contribution >= 0.6 is 0 Å². The first kappa shape index (κ1) is 16.0. The highest BCUT2D eigenvalue weighted by Gasteiger charge is 2.32. The zero-order valence-corrected chi connectivity index (χ0v) is 14.4. The number of aromatic nitrogens is 4. The van der Waals surface area contributed by atoms with Gasteiger partial charge in [0.15, 0.2) is 11.5 Å². The highest BCUT2D eigenvalue weighted by Crippen LogP contribution is 2.40. The molecule has 0 spiro atoms. The molecule has 2 aliphatic heterocycles. The van der Waals surface area contributed by atoms with E-state index in [1.165, 1.54) is 12.3 Å². The number of nitrogens with one attached hydrogen (secondary N) is 2. The van der Waals surface area contributed by atoms with Crippen LogP contribution in [0.4, 0.5) is 10.2 Å². The third-order valence-corrected chi connectivity index (χ3v) is 5.01. The lowest BCUT2D eigenvalue weighted by molar-refractivity contribution is 0.0946. The molecule has 0 aromatic carbocycles. The molecule has 0 unspecified atom stereocenters. The molecule has 3 aromatic heterocycles. The summed E-state index contributed by atoms with van der Waals surface area (Å²) in [5.74, 6) is 0.449. The second-order valence-electron chi connectivity index (χ2n) is 6.67. The van der Waals surface area contributed by atoms with E-state index in [1.807, 2.05) is 0 Å². The number of fused-ring (bicyclic) bond motifs is 5. The highest BCUT2D eigenvalue weighted by atomic mass is 19.1. The molecule has 2 bridgehead atoms. The summed E-state index contributed by atoms with van der Waals surface area (Å²) in [7, 11) is 0. The minimum atomic E-state index is -0.405. The number of pyridine rings is 2.